The van der Waals surface area contributed by atoms with Crippen molar-refractivity contribution in [2.45, 2.75) is 12.7 Å². The van der Waals surface area contributed by atoms with Gasteiger partial charge in [-0.3, -0.25) is 9.59 Å². The maximum absolute atomic E-state index is 12.8. The van der Waals surface area contributed by atoms with Crippen LogP contribution in [0.25, 0.3) is 21.8 Å². The molecule has 0 unspecified atom stereocenters. The van der Waals surface area contributed by atoms with E-state index in [9.17, 15) is 22.8 Å². The summed E-state index contributed by atoms with van der Waals surface area (Å²) in [7, 11) is 0. The number of nitrogens with zero attached hydrogens (tertiary/aromatic N) is 2. The standard InChI is InChI=1S/C22H16F3N3O3/c23-22(24,25)13-31-20-10-9-14(11-26-20)27-19(29)12-28-17-7-3-1-5-15(17)21(30)16-6-2-4-8-18(16)28/h1-11H,12-13H2,(H,27,29). The van der Waals surface area contributed by atoms with Crippen molar-refractivity contribution >= 4 is 33.4 Å². The van der Waals surface area contributed by atoms with Crippen molar-refractivity contribution in [3.63, 3.8) is 0 Å². The highest BCUT2D eigenvalue weighted by Crippen LogP contribution is 2.20. The van der Waals surface area contributed by atoms with Gasteiger partial charge < -0.3 is 14.6 Å². The smallest absolute Gasteiger partial charge is 0.422 e. The number of para-hydroxylation sites is 2. The first-order valence-corrected chi connectivity index (χ1v) is 9.27. The summed E-state index contributed by atoms with van der Waals surface area (Å²) in [5.74, 6) is -0.586. The topological polar surface area (TPSA) is 73.2 Å². The van der Waals surface area contributed by atoms with E-state index in [1.165, 1.54) is 18.3 Å². The molecule has 4 rings (SSSR count). The maximum Gasteiger partial charge on any atom is 0.422 e. The SMILES string of the molecule is O=C(Cn1c2ccccc2c(=O)c2ccccc21)Nc1ccc(OCC(F)(F)F)nc1. The highest BCUT2D eigenvalue weighted by molar-refractivity contribution is 5.97. The zero-order chi connectivity index (χ0) is 22.0. The van der Waals surface area contributed by atoms with E-state index in [0.29, 0.717) is 27.5 Å². The summed E-state index contributed by atoms with van der Waals surface area (Å²) in [5.41, 5.74) is 1.44. The Morgan fingerprint density at radius 2 is 1.58 bits per heavy atom. The van der Waals surface area contributed by atoms with Crippen LogP contribution in [0.4, 0.5) is 18.9 Å². The number of halogens is 3. The highest BCUT2D eigenvalue weighted by Gasteiger charge is 2.28. The number of ether oxygens (including phenoxy) is 1. The van der Waals surface area contributed by atoms with E-state index in [2.05, 4.69) is 15.0 Å². The molecule has 0 atom stereocenters. The summed E-state index contributed by atoms with van der Waals surface area (Å²) in [5, 5.41) is 3.66. The van der Waals surface area contributed by atoms with Crippen molar-refractivity contribution in [2.75, 3.05) is 11.9 Å². The van der Waals surface area contributed by atoms with Gasteiger partial charge >= 0.3 is 6.18 Å². The average Bonchev–Trinajstić information content (AvgIpc) is 2.75. The Morgan fingerprint density at radius 3 is 2.13 bits per heavy atom. The second kappa shape index (κ2) is 8.10. The molecule has 1 amide bonds. The van der Waals surface area contributed by atoms with Crippen molar-refractivity contribution in [1.29, 1.82) is 0 Å². The predicted molar refractivity (Wildman–Crippen MR) is 110 cm³/mol. The number of benzene rings is 2. The number of pyridine rings is 2. The van der Waals surface area contributed by atoms with Gasteiger partial charge in [0.1, 0.15) is 6.54 Å². The van der Waals surface area contributed by atoms with E-state index in [1.807, 2.05) is 0 Å². The van der Waals surface area contributed by atoms with Crippen LogP contribution >= 0.6 is 0 Å². The number of amides is 1. The summed E-state index contributed by atoms with van der Waals surface area (Å²) in [4.78, 5) is 29.2. The van der Waals surface area contributed by atoms with Gasteiger partial charge in [0.05, 0.1) is 22.9 Å². The fraction of sp³-hybridized carbons (Fsp3) is 0.136. The van der Waals surface area contributed by atoms with Crippen LogP contribution in [-0.4, -0.2) is 28.2 Å². The lowest BCUT2D eigenvalue weighted by Gasteiger charge is -2.15. The van der Waals surface area contributed by atoms with Crippen LogP contribution in [0.3, 0.4) is 0 Å². The summed E-state index contributed by atoms with van der Waals surface area (Å²) in [6.07, 6.45) is -3.25. The van der Waals surface area contributed by atoms with Gasteiger partial charge in [0.15, 0.2) is 12.0 Å². The molecule has 31 heavy (non-hydrogen) atoms. The minimum atomic E-state index is -4.46. The van der Waals surface area contributed by atoms with E-state index >= 15 is 0 Å². The van der Waals surface area contributed by atoms with Crippen LogP contribution in [-0.2, 0) is 11.3 Å². The fourth-order valence-corrected chi connectivity index (χ4v) is 3.29. The van der Waals surface area contributed by atoms with Gasteiger partial charge in [-0.2, -0.15) is 13.2 Å². The molecule has 1 N–H and O–H groups in total. The summed E-state index contributed by atoms with van der Waals surface area (Å²) in [6, 6.07) is 16.7. The first-order valence-electron chi connectivity index (χ1n) is 9.27. The molecule has 4 aromatic rings. The summed E-state index contributed by atoms with van der Waals surface area (Å²) >= 11 is 0. The molecule has 2 aromatic heterocycles. The maximum atomic E-state index is 12.8. The molecule has 0 saturated heterocycles. The number of hydrogen-bond donors (Lipinski definition) is 1. The van der Waals surface area contributed by atoms with Gasteiger partial charge in [0.2, 0.25) is 11.8 Å². The largest absolute Gasteiger partial charge is 0.468 e. The molecule has 0 aliphatic carbocycles. The molecule has 0 fully saturated rings. The first kappa shape index (κ1) is 20.4. The van der Waals surface area contributed by atoms with Gasteiger partial charge in [-0.05, 0) is 30.3 Å². The molecule has 0 bridgehead atoms. The third-order valence-electron chi connectivity index (χ3n) is 4.58. The molecular weight excluding hydrogens is 411 g/mol. The van der Waals surface area contributed by atoms with Crippen LogP contribution in [0, 0.1) is 0 Å². The number of alkyl halides is 3. The number of hydrogen-bond acceptors (Lipinski definition) is 4. The Labute approximate surface area is 173 Å². The number of fused-ring (bicyclic) bond motifs is 2. The molecule has 158 valence electrons. The van der Waals surface area contributed by atoms with Crippen LogP contribution in [0.2, 0.25) is 0 Å². The number of rotatable bonds is 5. The Morgan fingerprint density at radius 1 is 0.968 bits per heavy atom. The first-order chi connectivity index (χ1) is 14.8. The number of anilines is 1. The molecule has 0 saturated carbocycles. The zero-order valence-electron chi connectivity index (χ0n) is 16.0. The Balaban J connectivity index is 1.58. The van der Waals surface area contributed by atoms with Crippen LogP contribution in [0.15, 0.2) is 71.7 Å². The Bertz CT molecular complexity index is 1260. The molecular formula is C22H16F3N3O3. The Kier molecular flexibility index (Phi) is 5.33. The molecule has 0 spiro atoms. The lowest BCUT2D eigenvalue weighted by molar-refractivity contribution is -0.154. The minimum absolute atomic E-state index is 0.0758. The third-order valence-corrected chi connectivity index (χ3v) is 4.58. The molecule has 2 aromatic carbocycles. The van der Waals surface area contributed by atoms with Crippen molar-refractivity contribution in [2.24, 2.45) is 0 Å². The van der Waals surface area contributed by atoms with E-state index in [0.717, 1.165) is 0 Å². The van der Waals surface area contributed by atoms with E-state index < -0.39 is 12.8 Å². The van der Waals surface area contributed by atoms with Gasteiger partial charge in [-0.1, -0.05) is 24.3 Å². The summed E-state index contributed by atoms with van der Waals surface area (Å²) in [6.45, 7) is -1.52. The number of carbonyl (C=O) groups excluding carboxylic acids is 1. The minimum Gasteiger partial charge on any atom is -0.468 e. The van der Waals surface area contributed by atoms with E-state index in [-0.39, 0.29) is 23.8 Å². The number of nitrogens with one attached hydrogen (secondary N) is 1. The summed E-state index contributed by atoms with van der Waals surface area (Å²) < 4.78 is 42.9. The molecule has 0 aliphatic rings. The molecule has 9 heteroatoms. The molecule has 6 nitrogen and oxygen atoms in total. The van der Waals surface area contributed by atoms with Crippen LogP contribution in [0.1, 0.15) is 0 Å². The second-order valence-electron chi connectivity index (χ2n) is 6.79. The number of carbonyl (C=O) groups is 1. The quantitative estimate of drug-likeness (QED) is 0.486. The fourth-order valence-electron chi connectivity index (χ4n) is 3.29. The van der Waals surface area contributed by atoms with E-state index in [1.54, 1.807) is 53.1 Å². The van der Waals surface area contributed by atoms with Crippen LogP contribution in [0.5, 0.6) is 5.88 Å². The zero-order valence-corrected chi connectivity index (χ0v) is 16.0. The normalized spacial score (nSPS) is 11.6. The van der Waals surface area contributed by atoms with Gasteiger partial charge in [-0.25, -0.2) is 4.98 Å². The highest BCUT2D eigenvalue weighted by atomic mass is 19.4. The van der Waals surface area contributed by atoms with Crippen molar-refractivity contribution in [1.82, 2.24) is 9.55 Å². The lowest BCUT2D eigenvalue weighted by atomic mass is 10.1. The van der Waals surface area contributed by atoms with Crippen molar-refractivity contribution < 1.29 is 22.7 Å². The van der Waals surface area contributed by atoms with Crippen molar-refractivity contribution in [3.8, 4) is 5.88 Å². The number of aromatic nitrogens is 2. The predicted octanol–water partition coefficient (Wildman–Crippen LogP) is 4.13. The van der Waals surface area contributed by atoms with E-state index in [4.69, 9.17) is 0 Å². The van der Waals surface area contributed by atoms with Gasteiger partial charge in [0, 0.05) is 16.8 Å². The average molecular weight is 427 g/mol. The Hall–Kier alpha value is -3.88. The monoisotopic (exact) mass is 427 g/mol. The van der Waals surface area contributed by atoms with Gasteiger partial charge in [0.25, 0.3) is 0 Å². The molecule has 0 radical (unpaired) electrons. The molecule has 0 aliphatic heterocycles. The van der Waals surface area contributed by atoms with Crippen LogP contribution < -0.4 is 15.5 Å². The van der Waals surface area contributed by atoms with Crippen molar-refractivity contribution in [3.05, 3.63) is 77.1 Å². The third kappa shape index (κ3) is 4.50. The molecule has 2 heterocycles. The van der Waals surface area contributed by atoms with Gasteiger partial charge in [-0.15, -0.1) is 0 Å². The lowest BCUT2D eigenvalue weighted by Crippen LogP contribution is -2.22. The second-order valence-corrected chi connectivity index (χ2v) is 6.79.